The van der Waals surface area contributed by atoms with Crippen LogP contribution in [0, 0.1) is 5.82 Å². The fourth-order valence-corrected chi connectivity index (χ4v) is 3.60. The SMILES string of the molecule is CC(N)c1cc(F)ccc1N1CCCN2CCCC2C1. The van der Waals surface area contributed by atoms with E-state index in [9.17, 15) is 4.39 Å². The molecule has 3 rings (SSSR count). The Bertz CT molecular complexity index is 475. The average Bonchev–Trinajstić information content (AvgIpc) is 2.76. The van der Waals surface area contributed by atoms with Crippen molar-refractivity contribution in [3.8, 4) is 0 Å². The lowest BCUT2D eigenvalue weighted by molar-refractivity contribution is 0.273. The quantitative estimate of drug-likeness (QED) is 0.901. The van der Waals surface area contributed by atoms with Crippen LogP contribution >= 0.6 is 0 Å². The Morgan fingerprint density at radius 1 is 1.25 bits per heavy atom. The summed E-state index contributed by atoms with van der Waals surface area (Å²) in [5, 5.41) is 0. The van der Waals surface area contributed by atoms with E-state index in [-0.39, 0.29) is 11.9 Å². The van der Waals surface area contributed by atoms with Crippen molar-refractivity contribution < 1.29 is 4.39 Å². The van der Waals surface area contributed by atoms with Gasteiger partial charge in [-0.25, -0.2) is 4.39 Å². The van der Waals surface area contributed by atoms with Gasteiger partial charge in [-0.15, -0.1) is 0 Å². The molecule has 3 nitrogen and oxygen atoms in total. The molecule has 0 aromatic heterocycles. The number of hydrogen-bond acceptors (Lipinski definition) is 3. The number of benzene rings is 1. The van der Waals surface area contributed by atoms with Crippen LogP contribution in [0.25, 0.3) is 0 Å². The van der Waals surface area contributed by atoms with Crippen molar-refractivity contribution in [2.45, 2.75) is 38.3 Å². The second-order valence-electron chi connectivity index (χ2n) is 6.12. The van der Waals surface area contributed by atoms with E-state index in [2.05, 4.69) is 9.80 Å². The van der Waals surface area contributed by atoms with Gasteiger partial charge in [0.25, 0.3) is 0 Å². The molecule has 0 amide bonds. The molecule has 20 heavy (non-hydrogen) atoms. The number of rotatable bonds is 2. The lowest BCUT2D eigenvalue weighted by atomic mass is 10.0. The molecule has 1 aromatic rings. The number of anilines is 1. The molecule has 2 saturated heterocycles. The maximum atomic E-state index is 13.5. The van der Waals surface area contributed by atoms with Crippen LogP contribution in [-0.2, 0) is 0 Å². The van der Waals surface area contributed by atoms with Crippen LogP contribution in [0.2, 0.25) is 0 Å². The van der Waals surface area contributed by atoms with Crippen LogP contribution in [0.5, 0.6) is 0 Å². The molecule has 2 heterocycles. The van der Waals surface area contributed by atoms with Crippen molar-refractivity contribution in [2.75, 3.05) is 31.1 Å². The van der Waals surface area contributed by atoms with Crippen LogP contribution < -0.4 is 10.6 Å². The Morgan fingerprint density at radius 3 is 2.85 bits per heavy atom. The fourth-order valence-electron chi connectivity index (χ4n) is 3.60. The Labute approximate surface area is 120 Å². The van der Waals surface area contributed by atoms with E-state index in [0.29, 0.717) is 6.04 Å². The van der Waals surface area contributed by atoms with Gasteiger partial charge in [0.2, 0.25) is 0 Å². The molecular weight excluding hydrogens is 253 g/mol. The minimum absolute atomic E-state index is 0.136. The molecular formula is C16H24FN3. The van der Waals surface area contributed by atoms with Crippen LogP contribution in [0.3, 0.4) is 0 Å². The smallest absolute Gasteiger partial charge is 0.123 e. The highest BCUT2D eigenvalue weighted by atomic mass is 19.1. The monoisotopic (exact) mass is 277 g/mol. The summed E-state index contributed by atoms with van der Waals surface area (Å²) in [4.78, 5) is 5.02. The molecule has 1 aromatic carbocycles. The van der Waals surface area contributed by atoms with E-state index in [1.54, 1.807) is 12.1 Å². The first-order valence-corrected chi connectivity index (χ1v) is 7.69. The fraction of sp³-hybridized carbons (Fsp3) is 0.625. The van der Waals surface area contributed by atoms with E-state index in [1.165, 1.54) is 32.4 Å². The summed E-state index contributed by atoms with van der Waals surface area (Å²) in [5.41, 5.74) is 8.08. The average molecular weight is 277 g/mol. The Morgan fingerprint density at radius 2 is 2.05 bits per heavy atom. The second kappa shape index (κ2) is 5.70. The van der Waals surface area contributed by atoms with Gasteiger partial charge in [0, 0.05) is 37.4 Å². The summed E-state index contributed by atoms with van der Waals surface area (Å²) in [6, 6.07) is 5.57. The molecule has 0 radical (unpaired) electrons. The van der Waals surface area contributed by atoms with E-state index < -0.39 is 0 Å². The van der Waals surface area contributed by atoms with Gasteiger partial charge >= 0.3 is 0 Å². The zero-order valence-corrected chi connectivity index (χ0v) is 12.2. The number of halogens is 1. The van der Waals surface area contributed by atoms with Crippen molar-refractivity contribution in [3.63, 3.8) is 0 Å². The molecule has 2 fully saturated rings. The zero-order valence-electron chi connectivity index (χ0n) is 12.2. The maximum Gasteiger partial charge on any atom is 0.123 e. The normalized spacial score (nSPS) is 25.4. The van der Waals surface area contributed by atoms with Gasteiger partial charge in [0.05, 0.1) is 0 Å². The third kappa shape index (κ3) is 2.67. The van der Waals surface area contributed by atoms with Gasteiger partial charge in [-0.1, -0.05) is 0 Å². The van der Waals surface area contributed by atoms with Crippen molar-refractivity contribution in [1.29, 1.82) is 0 Å². The topological polar surface area (TPSA) is 32.5 Å². The summed E-state index contributed by atoms with van der Waals surface area (Å²) in [6.45, 7) is 6.44. The minimum atomic E-state index is -0.196. The van der Waals surface area contributed by atoms with Crippen molar-refractivity contribution in [3.05, 3.63) is 29.6 Å². The first kappa shape index (κ1) is 13.8. The molecule has 110 valence electrons. The van der Waals surface area contributed by atoms with Crippen molar-refractivity contribution in [1.82, 2.24) is 4.90 Å². The third-order valence-electron chi connectivity index (χ3n) is 4.62. The number of nitrogens with two attached hydrogens (primary N) is 1. The van der Waals surface area contributed by atoms with Gasteiger partial charge in [-0.05, 0) is 56.5 Å². The predicted molar refractivity (Wildman–Crippen MR) is 80.4 cm³/mol. The van der Waals surface area contributed by atoms with Gasteiger partial charge in [0.15, 0.2) is 0 Å². The van der Waals surface area contributed by atoms with E-state index >= 15 is 0 Å². The summed E-state index contributed by atoms with van der Waals surface area (Å²) < 4.78 is 13.5. The van der Waals surface area contributed by atoms with Gasteiger partial charge in [-0.2, -0.15) is 0 Å². The molecule has 2 atom stereocenters. The van der Waals surface area contributed by atoms with Crippen LogP contribution in [-0.4, -0.2) is 37.1 Å². The van der Waals surface area contributed by atoms with Crippen molar-refractivity contribution in [2.24, 2.45) is 5.73 Å². The van der Waals surface area contributed by atoms with Crippen LogP contribution in [0.15, 0.2) is 18.2 Å². The first-order valence-electron chi connectivity index (χ1n) is 7.69. The molecule has 2 aliphatic rings. The molecule has 0 aliphatic carbocycles. The van der Waals surface area contributed by atoms with E-state index in [4.69, 9.17) is 5.73 Å². The summed E-state index contributed by atoms with van der Waals surface area (Å²) in [5.74, 6) is -0.196. The number of hydrogen-bond donors (Lipinski definition) is 1. The molecule has 4 heteroatoms. The number of fused-ring (bicyclic) bond motifs is 1. The molecule has 0 saturated carbocycles. The third-order valence-corrected chi connectivity index (χ3v) is 4.62. The Balaban J connectivity index is 1.87. The minimum Gasteiger partial charge on any atom is -0.370 e. The highest BCUT2D eigenvalue weighted by Crippen LogP contribution is 2.30. The van der Waals surface area contributed by atoms with E-state index in [1.807, 2.05) is 13.0 Å². The van der Waals surface area contributed by atoms with Gasteiger partial charge < -0.3 is 10.6 Å². The van der Waals surface area contributed by atoms with Crippen LogP contribution in [0.4, 0.5) is 10.1 Å². The molecule has 2 unspecified atom stereocenters. The molecule has 2 N–H and O–H groups in total. The highest BCUT2D eigenvalue weighted by molar-refractivity contribution is 5.55. The maximum absolute atomic E-state index is 13.5. The molecule has 0 bridgehead atoms. The number of nitrogens with zero attached hydrogens (tertiary/aromatic N) is 2. The van der Waals surface area contributed by atoms with Gasteiger partial charge in [0.1, 0.15) is 5.82 Å². The largest absolute Gasteiger partial charge is 0.370 e. The van der Waals surface area contributed by atoms with Gasteiger partial charge in [-0.3, -0.25) is 4.90 Å². The predicted octanol–water partition coefficient (Wildman–Crippen LogP) is 2.52. The lowest BCUT2D eigenvalue weighted by Gasteiger charge is -2.29. The van der Waals surface area contributed by atoms with Crippen LogP contribution in [0.1, 0.15) is 37.8 Å². The summed E-state index contributed by atoms with van der Waals surface area (Å²) in [6.07, 6.45) is 3.76. The first-order chi connectivity index (χ1) is 9.65. The zero-order chi connectivity index (χ0) is 14.1. The Hall–Kier alpha value is -1.13. The Kier molecular flexibility index (Phi) is 3.94. The second-order valence-corrected chi connectivity index (χ2v) is 6.12. The summed E-state index contributed by atoms with van der Waals surface area (Å²) >= 11 is 0. The highest BCUT2D eigenvalue weighted by Gasteiger charge is 2.29. The van der Waals surface area contributed by atoms with E-state index in [0.717, 1.165) is 24.3 Å². The molecule has 0 spiro atoms. The molecule has 2 aliphatic heterocycles. The van der Waals surface area contributed by atoms with Crippen molar-refractivity contribution >= 4 is 5.69 Å². The lowest BCUT2D eigenvalue weighted by Crippen LogP contribution is -2.37. The standard InChI is InChI=1S/C16H24FN3/c1-12(18)15-10-13(17)5-6-16(15)20-9-3-8-19-7-2-4-14(19)11-20/h5-6,10,12,14H,2-4,7-9,11,18H2,1H3. The summed E-state index contributed by atoms with van der Waals surface area (Å²) in [7, 11) is 0.